The number of aromatic nitrogens is 3. The first-order chi connectivity index (χ1) is 9.56. The van der Waals surface area contributed by atoms with Gasteiger partial charge in [0.1, 0.15) is 5.82 Å². The number of rotatable bonds is 2. The molecule has 0 saturated heterocycles. The van der Waals surface area contributed by atoms with E-state index in [2.05, 4.69) is 17.1 Å². The van der Waals surface area contributed by atoms with Gasteiger partial charge in [-0.25, -0.2) is 4.79 Å². The summed E-state index contributed by atoms with van der Waals surface area (Å²) in [5, 5.41) is 17.8. The van der Waals surface area contributed by atoms with Gasteiger partial charge < -0.3 is 5.11 Å². The minimum Gasteiger partial charge on any atom is -0.478 e. The Morgan fingerprint density at radius 3 is 2.70 bits per heavy atom. The lowest BCUT2D eigenvalue weighted by molar-refractivity contribution is 0.0696. The topological polar surface area (TPSA) is 67.5 Å². The van der Waals surface area contributed by atoms with Crippen LogP contribution < -0.4 is 0 Å². The van der Waals surface area contributed by atoms with E-state index in [1.54, 1.807) is 10.6 Å². The number of nitrogens with zero attached hydrogens (tertiary/aromatic N) is 3. The number of pyridine rings is 1. The number of carboxylic acid groups (broad SMARTS) is 1. The van der Waals surface area contributed by atoms with Crippen LogP contribution in [-0.2, 0) is 0 Å². The number of aromatic carboxylic acids is 1. The largest absolute Gasteiger partial charge is 0.478 e. The second-order valence-corrected chi connectivity index (χ2v) is 6.00. The molecule has 0 unspecified atom stereocenters. The van der Waals surface area contributed by atoms with E-state index in [9.17, 15) is 4.79 Å². The maximum absolute atomic E-state index is 11.1. The molecule has 0 aliphatic heterocycles. The summed E-state index contributed by atoms with van der Waals surface area (Å²) in [6.07, 6.45) is 6.04. The first-order valence-corrected chi connectivity index (χ1v) is 7.21. The zero-order chi connectivity index (χ0) is 14.3. The third-order valence-corrected chi connectivity index (χ3v) is 4.39. The molecule has 5 nitrogen and oxygen atoms in total. The minimum absolute atomic E-state index is 0.160. The quantitative estimate of drug-likeness (QED) is 0.922. The van der Waals surface area contributed by atoms with Gasteiger partial charge in [-0.3, -0.25) is 4.40 Å². The molecule has 0 amide bonds. The number of hydrogen-bond donors (Lipinski definition) is 1. The molecule has 1 aliphatic carbocycles. The van der Waals surface area contributed by atoms with Gasteiger partial charge in [0.15, 0.2) is 5.65 Å². The molecule has 0 bridgehead atoms. The smallest absolute Gasteiger partial charge is 0.337 e. The number of halogens is 1. The van der Waals surface area contributed by atoms with Gasteiger partial charge in [0.05, 0.1) is 10.6 Å². The fraction of sp³-hybridized carbons (Fsp3) is 0.500. The number of hydrogen-bond acceptors (Lipinski definition) is 3. The van der Waals surface area contributed by atoms with E-state index in [1.807, 2.05) is 0 Å². The normalized spacial score (nSPS) is 23.1. The van der Waals surface area contributed by atoms with Crippen LogP contribution in [0.1, 0.15) is 54.7 Å². The molecular formula is C14H16ClN3O2. The van der Waals surface area contributed by atoms with E-state index in [4.69, 9.17) is 16.7 Å². The predicted octanol–water partition coefficient (Wildman–Crippen LogP) is 3.37. The summed E-state index contributed by atoms with van der Waals surface area (Å²) in [6.45, 7) is 2.26. The molecule has 6 heteroatoms. The Morgan fingerprint density at radius 2 is 2.05 bits per heavy atom. The van der Waals surface area contributed by atoms with Crippen LogP contribution in [0.15, 0.2) is 12.3 Å². The van der Waals surface area contributed by atoms with Gasteiger partial charge in [-0.15, -0.1) is 10.2 Å². The van der Waals surface area contributed by atoms with Gasteiger partial charge in [-0.2, -0.15) is 0 Å². The van der Waals surface area contributed by atoms with Crippen LogP contribution in [0.2, 0.25) is 5.02 Å². The Bertz CT molecular complexity index is 660. The Balaban J connectivity index is 2.05. The fourth-order valence-corrected chi connectivity index (χ4v) is 3.13. The molecule has 20 heavy (non-hydrogen) atoms. The van der Waals surface area contributed by atoms with Gasteiger partial charge in [-0.05, 0) is 24.8 Å². The van der Waals surface area contributed by atoms with Gasteiger partial charge in [0, 0.05) is 12.1 Å². The zero-order valence-electron chi connectivity index (χ0n) is 11.2. The van der Waals surface area contributed by atoms with Crippen molar-refractivity contribution in [1.29, 1.82) is 0 Å². The summed E-state index contributed by atoms with van der Waals surface area (Å²) < 4.78 is 1.74. The predicted molar refractivity (Wildman–Crippen MR) is 75.3 cm³/mol. The molecule has 3 rings (SSSR count). The van der Waals surface area contributed by atoms with Crippen molar-refractivity contribution in [3.8, 4) is 0 Å². The van der Waals surface area contributed by atoms with Crippen LogP contribution in [0, 0.1) is 5.92 Å². The third-order valence-electron chi connectivity index (χ3n) is 4.11. The molecule has 106 valence electrons. The van der Waals surface area contributed by atoms with Crippen molar-refractivity contribution in [2.75, 3.05) is 0 Å². The van der Waals surface area contributed by atoms with E-state index >= 15 is 0 Å². The monoisotopic (exact) mass is 293 g/mol. The van der Waals surface area contributed by atoms with E-state index in [-0.39, 0.29) is 5.56 Å². The van der Waals surface area contributed by atoms with Crippen molar-refractivity contribution in [3.05, 3.63) is 28.7 Å². The Morgan fingerprint density at radius 1 is 1.35 bits per heavy atom. The van der Waals surface area contributed by atoms with E-state index < -0.39 is 5.97 Å². The molecule has 1 saturated carbocycles. The van der Waals surface area contributed by atoms with Crippen molar-refractivity contribution in [3.63, 3.8) is 0 Å². The van der Waals surface area contributed by atoms with Gasteiger partial charge in [0.2, 0.25) is 0 Å². The van der Waals surface area contributed by atoms with Gasteiger partial charge in [0.25, 0.3) is 0 Å². The molecule has 1 aliphatic rings. The molecule has 2 aromatic rings. The van der Waals surface area contributed by atoms with Gasteiger partial charge in [-0.1, -0.05) is 31.4 Å². The van der Waals surface area contributed by atoms with Crippen molar-refractivity contribution in [2.45, 2.75) is 38.5 Å². The third kappa shape index (κ3) is 2.26. The number of carbonyl (C=O) groups is 1. The Hall–Kier alpha value is -1.62. The second-order valence-electron chi connectivity index (χ2n) is 5.59. The highest BCUT2D eigenvalue weighted by Crippen LogP contribution is 2.35. The van der Waals surface area contributed by atoms with Crippen LogP contribution >= 0.6 is 11.6 Å². The lowest BCUT2D eigenvalue weighted by Crippen LogP contribution is -2.14. The van der Waals surface area contributed by atoms with Crippen molar-refractivity contribution >= 4 is 23.2 Å². The number of fused-ring (bicyclic) bond motifs is 1. The highest BCUT2D eigenvalue weighted by molar-refractivity contribution is 6.33. The summed E-state index contributed by atoms with van der Waals surface area (Å²) in [7, 11) is 0. The highest BCUT2D eigenvalue weighted by atomic mass is 35.5. The van der Waals surface area contributed by atoms with Crippen LogP contribution in [0.4, 0.5) is 0 Å². The first kappa shape index (κ1) is 13.4. The lowest BCUT2D eigenvalue weighted by Gasteiger charge is -2.24. The summed E-state index contributed by atoms with van der Waals surface area (Å²) >= 11 is 6.10. The average molecular weight is 294 g/mol. The maximum Gasteiger partial charge on any atom is 0.337 e. The van der Waals surface area contributed by atoms with Crippen LogP contribution in [0.25, 0.3) is 5.65 Å². The SMILES string of the molecule is CC1CCC(c2nnc3c(Cl)cc(C(=O)O)cn23)CC1. The van der Waals surface area contributed by atoms with E-state index in [0.29, 0.717) is 16.6 Å². The molecule has 0 radical (unpaired) electrons. The fourth-order valence-electron chi connectivity index (χ4n) is 2.88. The standard InChI is InChI=1S/C14H16ClN3O2/c1-8-2-4-9(5-3-8)12-16-17-13-11(15)6-10(14(19)20)7-18(12)13/h6-9H,2-5H2,1H3,(H,19,20). The maximum atomic E-state index is 11.1. The second kappa shape index (κ2) is 5.05. The number of carboxylic acids is 1. The summed E-state index contributed by atoms with van der Waals surface area (Å²) in [4.78, 5) is 11.1. The molecule has 2 aromatic heterocycles. The molecule has 0 aromatic carbocycles. The molecule has 1 N–H and O–H groups in total. The molecule has 2 heterocycles. The molecule has 1 fully saturated rings. The average Bonchev–Trinajstić information content (AvgIpc) is 2.84. The minimum atomic E-state index is -0.995. The first-order valence-electron chi connectivity index (χ1n) is 6.83. The lowest BCUT2D eigenvalue weighted by atomic mass is 9.82. The Labute approximate surface area is 121 Å². The van der Waals surface area contributed by atoms with Crippen LogP contribution in [-0.4, -0.2) is 25.7 Å². The van der Waals surface area contributed by atoms with Crippen LogP contribution in [0.3, 0.4) is 0 Å². The van der Waals surface area contributed by atoms with Crippen molar-refractivity contribution in [1.82, 2.24) is 14.6 Å². The molecular weight excluding hydrogens is 278 g/mol. The zero-order valence-corrected chi connectivity index (χ0v) is 12.0. The van der Waals surface area contributed by atoms with E-state index in [1.165, 1.54) is 18.9 Å². The summed E-state index contributed by atoms with van der Waals surface area (Å²) in [5.74, 6) is 0.924. The summed E-state index contributed by atoms with van der Waals surface area (Å²) in [5.41, 5.74) is 0.693. The van der Waals surface area contributed by atoms with Gasteiger partial charge >= 0.3 is 5.97 Å². The molecule has 0 spiro atoms. The molecule has 0 atom stereocenters. The van der Waals surface area contributed by atoms with Crippen molar-refractivity contribution in [2.24, 2.45) is 5.92 Å². The summed E-state index contributed by atoms with van der Waals surface area (Å²) in [6, 6.07) is 1.42. The Kier molecular flexibility index (Phi) is 3.38. The van der Waals surface area contributed by atoms with Crippen LogP contribution in [0.5, 0.6) is 0 Å². The van der Waals surface area contributed by atoms with Crippen molar-refractivity contribution < 1.29 is 9.90 Å². The van der Waals surface area contributed by atoms with E-state index in [0.717, 1.165) is 24.6 Å². The highest BCUT2D eigenvalue weighted by Gasteiger charge is 2.25.